The fourth-order valence-corrected chi connectivity index (χ4v) is 4.15. The Morgan fingerprint density at radius 1 is 1.23 bits per heavy atom. The van der Waals surface area contributed by atoms with E-state index in [1.54, 1.807) is 18.2 Å². The highest BCUT2D eigenvalue weighted by atomic mass is 35.5. The molecule has 0 aromatic heterocycles. The van der Waals surface area contributed by atoms with Gasteiger partial charge in [0.1, 0.15) is 24.6 Å². The molecule has 1 amide bonds. The number of carbonyl (C=O) groups excluding carboxylic acids is 1. The molecular formula is C19H25ClN2O4. The molecule has 7 heteroatoms. The maximum Gasteiger partial charge on any atom is 0.279 e. The molecule has 1 saturated carbocycles. The SMILES string of the molecule is O=C(c1ccc(O[C@H]2C[C@H](N3CCCCC3)C2)cc1Cl)N1CC(O)CO1. The highest BCUT2D eigenvalue weighted by Crippen LogP contribution is 2.33. The van der Waals surface area contributed by atoms with Crippen LogP contribution in [0.4, 0.5) is 0 Å². The first-order valence-electron chi connectivity index (χ1n) is 9.43. The number of piperidine rings is 1. The summed E-state index contributed by atoms with van der Waals surface area (Å²) >= 11 is 6.28. The number of hydrogen-bond donors (Lipinski definition) is 1. The van der Waals surface area contributed by atoms with Crippen LogP contribution in [0.2, 0.25) is 5.02 Å². The Kier molecular flexibility index (Phi) is 5.36. The van der Waals surface area contributed by atoms with E-state index in [2.05, 4.69) is 4.90 Å². The van der Waals surface area contributed by atoms with Crippen LogP contribution in [0, 0.1) is 0 Å². The van der Waals surface area contributed by atoms with Crippen LogP contribution < -0.4 is 4.74 Å². The van der Waals surface area contributed by atoms with Crippen molar-refractivity contribution in [3.63, 3.8) is 0 Å². The molecule has 0 spiro atoms. The van der Waals surface area contributed by atoms with Crippen molar-refractivity contribution in [3.05, 3.63) is 28.8 Å². The third-order valence-corrected chi connectivity index (χ3v) is 5.79. The molecule has 1 unspecified atom stereocenters. The lowest BCUT2D eigenvalue weighted by atomic mass is 9.86. The number of aliphatic hydroxyl groups is 1. The number of carbonyl (C=O) groups is 1. The topological polar surface area (TPSA) is 62.2 Å². The highest BCUT2D eigenvalue weighted by molar-refractivity contribution is 6.34. The van der Waals surface area contributed by atoms with E-state index in [1.807, 2.05) is 0 Å². The lowest BCUT2D eigenvalue weighted by Gasteiger charge is -2.44. The molecule has 1 aromatic carbocycles. The average Bonchev–Trinajstić information content (AvgIpc) is 3.04. The molecule has 1 N–H and O–H groups in total. The van der Waals surface area contributed by atoms with Gasteiger partial charge in [-0.1, -0.05) is 18.0 Å². The maximum atomic E-state index is 12.4. The minimum Gasteiger partial charge on any atom is -0.490 e. The van der Waals surface area contributed by atoms with Crippen molar-refractivity contribution in [1.29, 1.82) is 0 Å². The summed E-state index contributed by atoms with van der Waals surface area (Å²) < 4.78 is 6.02. The number of amides is 1. The lowest BCUT2D eigenvalue weighted by molar-refractivity contribution is -0.0779. The third-order valence-electron chi connectivity index (χ3n) is 5.48. The summed E-state index contributed by atoms with van der Waals surface area (Å²) in [6.07, 6.45) is 5.66. The molecule has 2 heterocycles. The van der Waals surface area contributed by atoms with E-state index in [9.17, 15) is 9.90 Å². The third kappa shape index (κ3) is 3.83. The minimum absolute atomic E-state index is 0.129. The summed E-state index contributed by atoms with van der Waals surface area (Å²) in [4.78, 5) is 20.1. The Hall–Kier alpha value is -1.34. The van der Waals surface area contributed by atoms with E-state index < -0.39 is 6.10 Å². The number of β-amino-alcohol motifs (C(OH)–C–C–N with tert-alkyl or cyclic N) is 1. The number of rotatable bonds is 4. The van der Waals surface area contributed by atoms with Gasteiger partial charge >= 0.3 is 0 Å². The molecule has 0 bridgehead atoms. The molecule has 2 aliphatic heterocycles. The lowest BCUT2D eigenvalue weighted by Crippen LogP contribution is -2.50. The van der Waals surface area contributed by atoms with Gasteiger partial charge in [-0.3, -0.25) is 9.63 Å². The van der Waals surface area contributed by atoms with Crippen LogP contribution in [0.5, 0.6) is 5.75 Å². The van der Waals surface area contributed by atoms with E-state index in [1.165, 1.54) is 32.4 Å². The summed E-state index contributed by atoms with van der Waals surface area (Å²) in [5.74, 6) is 0.350. The van der Waals surface area contributed by atoms with E-state index in [0.29, 0.717) is 22.4 Å². The van der Waals surface area contributed by atoms with Gasteiger partial charge in [0.05, 0.1) is 17.1 Å². The molecule has 3 aliphatic rings. The molecule has 3 fully saturated rings. The fourth-order valence-electron chi connectivity index (χ4n) is 3.90. The fraction of sp³-hybridized carbons (Fsp3) is 0.632. The predicted octanol–water partition coefficient (Wildman–Crippen LogP) is 2.48. The summed E-state index contributed by atoms with van der Waals surface area (Å²) in [6, 6.07) is 5.78. The molecule has 142 valence electrons. The van der Waals surface area contributed by atoms with Crippen molar-refractivity contribution >= 4 is 17.5 Å². The van der Waals surface area contributed by atoms with Crippen LogP contribution in [-0.4, -0.2) is 65.5 Å². The largest absolute Gasteiger partial charge is 0.490 e. The zero-order valence-electron chi connectivity index (χ0n) is 14.8. The van der Waals surface area contributed by atoms with Gasteiger partial charge in [0.15, 0.2) is 0 Å². The molecular weight excluding hydrogens is 356 g/mol. The summed E-state index contributed by atoms with van der Waals surface area (Å²) in [5.41, 5.74) is 0.355. The number of likely N-dealkylation sites (tertiary alicyclic amines) is 1. The molecule has 6 nitrogen and oxygen atoms in total. The Morgan fingerprint density at radius 3 is 2.65 bits per heavy atom. The maximum absolute atomic E-state index is 12.4. The quantitative estimate of drug-likeness (QED) is 0.869. The molecule has 4 rings (SSSR count). The molecule has 1 aliphatic carbocycles. The zero-order valence-corrected chi connectivity index (χ0v) is 15.5. The number of halogens is 1. The molecule has 0 radical (unpaired) electrons. The van der Waals surface area contributed by atoms with Crippen LogP contribution in [-0.2, 0) is 4.84 Å². The normalized spacial score (nSPS) is 29.5. The van der Waals surface area contributed by atoms with Gasteiger partial charge in [-0.05, 0) is 44.1 Å². The summed E-state index contributed by atoms with van der Waals surface area (Å²) in [6.45, 7) is 2.72. The van der Waals surface area contributed by atoms with Crippen LogP contribution in [0.3, 0.4) is 0 Å². The second kappa shape index (κ2) is 7.72. The number of ether oxygens (including phenoxy) is 1. The van der Waals surface area contributed by atoms with Crippen LogP contribution in [0.15, 0.2) is 18.2 Å². The second-order valence-corrected chi connectivity index (χ2v) is 7.83. The Balaban J connectivity index is 1.31. The van der Waals surface area contributed by atoms with Gasteiger partial charge in [-0.15, -0.1) is 0 Å². The van der Waals surface area contributed by atoms with E-state index in [-0.39, 0.29) is 25.2 Å². The number of benzene rings is 1. The molecule has 1 aromatic rings. The van der Waals surface area contributed by atoms with Crippen LogP contribution in [0.1, 0.15) is 42.5 Å². The number of hydroxylamine groups is 2. The first kappa shape index (κ1) is 18.0. The smallest absolute Gasteiger partial charge is 0.279 e. The predicted molar refractivity (Wildman–Crippen MR) is 97.3 cm³/mol. The number of aliphatic hydroxyl groups excluding tert-OH is 1. The molecule has 2 saturated heterocycles. The average molecular weight is 381 g/mol. The van der Waals surface area contributed by atoms with Crippen LogP contribution >= 0.6 is 11.6 Å². The minimum atomic E-state index is -0.646. The molecule has 26 heavy (non-hydrogen) atoms. The van der Waals surface area contributed by atoms with Crippen molar-refractivity contribution in [2.75, 3.05) is 26.2 Å². The van der Waals surface area contributed by atoms with Gasteiger partial charge < -0.3 is 14.7 Å². The monoisotopic (exact) mass is 380 g/mol. The van der Waals surface area contributed by atoms with E-state index >= 15 is 0 Å². The van der Waals surface area contributed by atoms with Crippen molar-refractivity contribution in [1.82, 2.24) is 9.96 Å². The van der Waals surface area contributed by atoms with Crippen LogP contribution in [0.25, 0.3) is 0 Å². The van der Waals surface area contributed by atoms with Crippen molar-refractivity contribution in [2.24, 2.45) is 0 Å². The van der Waals surface area contributed by atoms with Crippen molar-refractivity contribution < 1.29 is 19.5 Å². The van der Waals surface area contributed by atoms with Gasteiger partial charge in [0, 0.05) is 18.9 Å². The molecule has 1 atom stereocenters. The standard InChI is InChI=1S/C19H25ClN2O4/c20-18-10-15(4-5-17(18)19(24)22-11-14(23)12-25-22)26-16-8-13(9-16)21-6-2-1-3-7-21/h4-5,10,13-14,16,23H,1-3,6-9,11-12H2/t13-,14?,16-. The van der Waals surface area contributed by atoms with Gasteiger partial charge in [0.25, 0.3) is 5.91 Å². The van der Waals surface area contributed by atoms with Gasteiger partial charge in [0.2, 0.25) is 0 Å². The number of nitrogens with zero attached hydrogens (tertiary/aromatic N) is 2. The van der Waals surface area contributed by atoms with E-state index in [4.69, 9.17) is 21.2 Å². The highest BCUT2D eigenvalue weighted by Gasteiger charge is 2.35. The summed E-state index contributed by atoms with van der Waals surface area (Å²) in [7, 11) is 0. The van der Waals surface area contributed by atoms with Gasteiger partial charge in [-0.25, -0.2) is 5.06 Å². The first-order chi connectivity index (χ1) is 12.6. The Bertz CT molecular complexity index is 659. The van der Waals surface area contributed by atoms with Gasteiger partial charge in [-0.2, -0.15) is 0 Å². The van der Waals surface area contributed by atoms with Crippen molar-refractivity contribution in [3.8, 4) is 5.75 Å². The Morgan fingerprint density at radius 2 is 2.00 bits per heavy atom. The van der Waals surface area contributed by atoms with E-state index in [0.717, 1.165) is 17.9 Å². The number of hydrogen-bond acceptors (Lipinski definition) is 5. The Labute approximate surface area is 158 Å². The zero-order chi connectivity index (χ0) is 18.1. The summed E-state index contributed by atoms with van der Waals surface area (Å²) in [5, 5.41) is 11.0. The van der Waals surface area contributed by atoms with Crippen molar-refractivity contribution in [2.45, 2.75) is 50.4 Å². The second-order valence-electron chi connectivity index (χ2n) is 7.42. The first-order valence-corrected chi connectivity index (χ1v) is 9.81.